The third-order valence-corrected chi connectivity index (χ3v) is 5.05. The maximum absolute atomic E-state index is 12.5. The molecular formula is C19H22O7S. The number of phenols is 1. The maximum atomic E-state index is 12.5. The van der Waals surface area contributed by atoms with Gasteiger partial charge in [-0.3, -0.25) is 0 Å². The average molecular weight is 394 g/mol. The molecular weight excluding hydrogens is 372 g/mol. The molecule has 146 valence electrons. The molecule has 0 saturated heterocycles. The van der Waals surface area contributed by atoms with Gasteiger partial charge >= 0.3 is 0 Å². The Hall–Kier alpha value is -2.87. The maximum Gasteiger partial charge on any atom is 0.203 e. The molecule has 0 atom stereocenters. The molecule has 0 bridgehead atoms. The summed E-state index contributed by atoms with van der Waals surface area (Å²) in [4.78, 5) is 0. The molecule has 0 spiro atoms. The lowest BCUT2D eigenvalue weighted by Gasteiger charge is -2.13. The van der Waals surface area contributed by atoms with Crippen LogP contribution < -0.4 is 18.9 Å². The van der Waals surface area contributed by atoms with Crippen LogP contribution >= 0.6 is 0 Å². The van der Waals surface area contributed by atoms with Gasteiger partial charge in [-0.2, -0.15) is 0 Å². The van der Waals surface area contributed by atoms with E-state index < -0.39 is 9.84 Å². The Morgan fingerprint density at radius 2 is 1.48 bits per heavy atom. The fraction of sp³-hybridized carbons (Fsp3) is 0.263. The molecule has 7 nitrogen and oxygen atoms in total. The highest BCUT2D eigenvalue weighted by atomic mass is 32.2. The van der Waals surface area contributed by atoms with Gasteiger partial charge in [-0.05, 0) is 41.5 Å². The molecule has 2 aromatic carbocycles. The first-order chi connectivity index (χ1) is 12.8. The molecule has 27 heavy (non-hydrogen) atoms. The second kappa shape index (κ2) is 8.68. The van der Waals surface area contributed by atoms with E-state index in [1.165, 1.54) is 40.6 Å². The Kier molecular flexibility index (Phi) is 6.57. The Morgan fingerprint density at radius 1 is 0.889 bits per heavy atom. The van der Waals surface area contributed by atoms with E-state index >= 15 is 0 Å². The SMILES string of the molecule is COc1cc(/C=C/S(=O)(=O)Cc2cc(OC)c(OC)c(OC)c2)ccc1O. The molecule has 1 N–H and O–H groups in total. The fourth-order valence-corrected chi connectivity index (χ4v) is 3.57. The summed E-state index contributed by atoms with van der Waals surface area (Å²) >= 11 is 0. The van der Waals surface area contributed by atoms with E-state index in [9.17, 15) is 13.5 Å². The topological polar surface area (TPSA) is 91.3 Å². The summed E-state index contributed by atoms with van der Waals surface area (Å²) in [7, 11) is 2.26. The smallest absolute Gasteiger partial charge is 0.203 e. The molecule has 0 aliphatic carbocycles. The number of phenolic OH excluding ortho intramolecular Hbond substituents is 1. The molecule has 0 saturated carbocycles. The van der Waals surface area contributed by atoms with Crippen molar-refractivity contribution < 1.29 is 32.5 Å². The van der Waals surface area contributed by atoms with Gasteiger partial charge in [0.05, 0.1) is 34.2 Å². The number of hydrogen-bond donors (Lipinski definition) is 1. The van der Waals surface area contributed by atoms with Crippen molar-refractivity contribution in [3.05, 3.63) is 46.9 Å². The highest BCUT2D eigenvalue weighted by molar-refractivity contribution is 7.93. The van der Waals surface area contributed by atoms with Crippen molar-refractivity contribution in [3.8, 4) is 28.7 Å². The van der Waals surface area contributed by atoms with Crippen molar-refractivity contribution in [2.75, 3.05) is 28.4 Å². The van der Waals surface area contributed by atoms with Crippen LogP contribution in [0.3, 0.4) is 0 Å². The van der Waals surface area contributed by atoms with Crippen LogP contribution in [0.4, 0.5) is 0 Å². The zero-order valence-electron chi connectivity index (χ0n) is 15.6. The summed E-state index contributed by atoms with van der Waals surface area (Å²) in [6.45, 7) is 0. The fourth-order valence-electron chi connectivity index (χ4n) is 2.48. The van der Waals surface area contributed by atoms with Crippen molar-refractivity contribution in [1.29, 1.82) is 0 Å². The van der Waals surface area contributed by atoms with Gasteiger partial charge in [-0.25, -0.2) is 8.42 Å². The standard InChI is InChI=1S/C19H22O7S/c1-23-16-9-13(5-6-15(16)20)7-8-27(21,22)12-14-10-17(24-2)19(26-4)18(11-14)25-3/h5-11,20H,12H2,1-4H3/b8-7+. The van der Waals surface area contributed by atoms with E-state index in [1.54, 1.807) is 24.3 Å². The van der Waals surface area contributed by atoms with Crippen LogP contribution in [0.5, 0.6) is 28.7 Å². The van der Waals surface area contributed by atoms with E-state index in [1.807, 2.05) is 0 Å². The highest BCUT2D eigenvalue weighted by Crippen LogP contribution is 2.38. The van der Waals surface area contributed by atoms with Crippen molar-refractivity contribution in [1.82, 2.24) is 0 Å². The van der Waals surface area contributed by atoms with E-state index in [2.05, 4.69) is 0 Å². The van der Waals surface area contributed by atoms with Gasteiger partial charge in [0.25, 0.3) is 0 Å². The van der Waals surface area contributed by atoms with Crippen LogP contribution in [0.25, 0.3) is 6.08 Å². The van der Waals surface area contributed by atoms with Gasteiger partial charge in [0.2, 0.25) is 5.75 Å². The molecule has 0 amide bonds. The summed E-state index contributed by atoms with van der Waals surface area (Å²) in [5.74, 6) is 1.17. The number of benzene rings is 2. The van der Waals surface area contributed by atoms with Crippen LogP contribution in [0, 0.1) is 0 Å². The first-order valence-corrected chi connectivity index (χ1v) is 9.61. The Bertz CT molecular complexity index is 908. The molecule has 0 aromatic heterocycles. The van der Waals surface area contributed by atoms with Crippen LogP contribution in [0.1, 0.15) is 11.1 Å². The minimum Gasteiger partial charge on any atom is -0.504 e. The van der Waals surface area contributed by atoms with Crippen molar-refractivity contribution in [3.63, 3.8) is 0 Å². The second-order valence-corrected chi connectivity index (χ2v) is 7.46. The van der Waals surface area contributed by atoms with Crippen LogP contribution in [-0.2, 0) is 15.6 Å². The van der Waals surface area contributed by atoms with Gasteiger partial charge < -0.3 is 24.1 Å². The third kappa shape index (κ3) is 5.07. The lowest BCUT2D eigenvalue weighted by Crippen LogP contribution is -2.02. The lowest BCUT2D eigenvalue weighted by molar-refractivity contribution is 0.324. The summed E-state index contributed by atoms with van der Waals surface area (Å²) < 4.78 is 45.7. The van der Waals surface area contributed by atoms with Crippen molar-refractivity contribution >= 4 is 15.9 Å². The number of aromatic hydroxyl groups is 1. The van der Waals surface area contributed by atoms with E-state index in [4.69, 9.17) is 18.9 Å². The molecule has 2 rings (SSSR count). The number of ether oxygens (including phenoxy) is 4. The third-order valence-electron chi connectivity index (χ3n) is 3.76. The molecule has 0 radical (unpaired) electrons. The minimum absolute atomic E-state index is 0.0186. The Labute approximate surface area is 158 Å². The van der Waals surface area contributed by atoms with Crippen molar-refractivity contribution in [2.45, 2.75) is 5.75 Å². The minimum atomic E-state index is -3.57. The summed E-state index contributed by atoms with van der Waals surface area (Å²) in [6, 6.07) is 7.75. The van der Waals surface area contributed by atoms with Crippen LogP contribution in [0.2, 0.25) is 0 Å². The predicted molar refractivity (Wildman–Crippen MR) is 102 cm³/mol. The quantitative estimate of drug-likeness (QED) is 0.736. The Morgan fingerprint density at radius 3 is 2.00 bits per heavy atom. The van der Waals surface area contributed by atoms with Gasteiger partial charge in [-0.15, -0.1) is 0 Å². The summed E-state index contributed by atoms with van der Waals surface area (Å²) in [6.07, 6.45) is 1.44. The highest BCUT2D eigenvalue weighted by Gasteiger charge is 2.16. The predicted octanol–water partition coefficient (Wildman–Crippen LogP) is 3.01. The summed E-state index contributed by atoms with van der Waals surface area (Å²) in [5, 5.41) is 10.7. The molecule has 0 heterocycles. The van der Waals surface area contributed by atoms with Gasteiger partial charge in [0.1, 0.15) is 0 Å². The zero-order valence-corrected chi connectivity index (χ0v) is 16.4. The molecule has 0 unspecified atom stereocenters. The molecule has 0 fully saturated rings. The molecule has 8 heteroatoms. The van der Waals surface area contributed by atoms with Gasteiger partial charge in [-0.1, -0.05) is 6.07 Å². The number of hydrogen-bond acceptors (Lipinski definition) is 7. The number of sulfone groups is 1. The normalized spacial score (nSPS) is 11.4. The van der Waals surface area contributed by atoms with Crippen LogP contribution in [0.15, 0.2) is 35.7 Å². The van der Waals surface area contributed by atoms with Crippen LogP contribution in [-0.4, -0.2) is 42.0 Å². The Balaban J connectivity index is 2.28. The molecule has 0 aliphatic heterocycles. The van der Waals surface area contributed by atoms with Gasteiger partial charge in [0, 0.05) is 5.41 Å². The second-order valence-electron chi connectivity index (χ2n) is 5.57. The van der Waals surface area contributed by atoms with Gasteiger partial charge in [0.15, 0.2) is 32.8 Å². The van der Waals surface area contributed by atoms with E-state index in [0.717, 1.165) is 5.41 Å². The van der Waals surface area contributed by atoms with Crippen molar-refractivity contribution in [2.24, 2.45) is 0 Å². The number of rotatable bonds is 8. The molecule has 0 aliphatic rings. The largest absolute Gasteiger partial charge is 0.504 e. The first kappa shape index (κ1) is 20.4. The molecule has 2 aromatic rings. The first-order valence-electron chi connectivity index (χ1n) is 7.90. The summed E-state index contributed by atoms with van der Waals surface area (Å²) in [5.41, 5.74) is 1.08. The van der Waals surface area contributed by atoms with E-state index in [-0.39, 0.29) is 17.3 Å². The lowest BCUT2D eigenvalue weighted by atomic mass is 10.2. The monoisotopic (exact) mass is 394 g/mol. The number of methoxy groups -OCH3 is 4. The zero-order chi connectivity index (χ0) is 20.0. The van der Waals surface area contributed by atoms with E-state index in [0.29, 0.717) is 28.4 Å². The average Bonchev–Trinajstić information content (AvgIpc) is 2.66.